The topological polar surface area (TPSA) is 61.8 Å². The van der Waals surface area contributed by atoms with Gasteiger partial charge in [-0.1, -0.05) is 58.6 Å². The van der Waals surface area contributed by atoms with Gasteiger partial charge in [0, 0.05) is 27.2 Å². The molecule has 1 heterocycles. The van der Waals surface area contributed by atoms with Crippen LogP contribution in [0, 0.1) is 6.92 Å². The van der Waals surface area contributed by atoms with Crippen LogP contribution in [0.3, 0.4) is 0 Å². The molecule has 1 atom stereocenters. The first-order chi connectivity index (χ1) is 14.7. The SMILES string of the molecule is Cc1ccc(S(=O)(=O)OC[C@H]2COc3cc(Cl)cc(-c4ccc(Cl)cc4Cl)c3O2)cc1. The highest BCUT2D eigenvalue weighted by atomic mass is 35.5. The number of aryl methyl sites for hydroxylation is 1. The summed E-state index contributed by atoms with van der Waals surface area (Å²) in [5.74, 6) is 0.840. The van der Waals surface area contributed by atoms with E-state index < -0.39 is 16.2 Å². The van der Waals surface area contributed by atoms with Crippen molar-refractivity contribution in [3.63, 3.8) is 0 Å². The van der Waals surface area contributed by atoms with Gasteiger partial charge >= 0.3 is 0 Å². The lowest BCUT2D eigenvalue weighted by Gasteiger charge is -2.28. The number of hydrogen-bond donors (Lipinski definition) is 0. The fraction of sp³-hybridized carbons (Fsp3) is 0.182. The first kappa shape index (κ1) is 22.2. The first-order valence-electron chi connectivity index (χ1n) is 9.27. The fourth-order valence-corrected chi connectivity index (χ4v) is 4.76. The molecule has 0 N–H and O–H groups in total. The van der Waals surface area contributed by atoms with E-state index in [9.17, 15) is 8.42 Å². The zero-order valence-electron chi connectivity index (χ0n) is 16.3. The molecule has 0 saturated carbocycles. The Morgan fingerprint density at radius 1 is 0.968 bits per heavy atom. The van der Waals surface area contributed by atoms with Crippen molar-refractivity contribution in [2.45, 2.75) is 17.9 Å². The molecule has 1 aliphatic rings. The van der Waals surface area contributed by atoms with Crippen molar-refractivity contribution >= 4 is 44.9 Å². The second kappa shape index (κ2) is 8.88. The number of halogens is 3. The van der Waals surface area contributed by atoms with Gasteiger partial charge in [-0.3, -0.25) is 4.18 Å². The summed E-state index contributed by atoms with van der Waals surface area (Å²) in [5, 5.41) is 1.36. The lowest BCUT2D eigenvalue weighted by atomic mass is 10.0. The first-order valence-corrected chi connectivity index (χ1v) is 11.8. The minimum Gasteiger partial charge on any atom is -0.486 e. The molecule has 31 heavy (non-hydrogen) atoms. The average molecular weight is 500 g/mol. The molecule has 0 saturated heterocycles. The van der Waals surface area contributed by atoms with Gasteiger partial charge in [0.15, 0.2) is 17.6 Å². The van der Waals surface area contributed by atoms with Crippen LogP contribution >= 0.6 is 34.8 Å². The van der Waals surface area contributed by atoms with Crippen LogP contribution in [-0.2, 0) is 14.3 Å². The molecule has 162 valence electrons. The fourth-order valence-electron chi connectivity index (χ4n) is 3.11. The standard InChI is InChI=1S/C22H17Cl3O5S/c1-13-2-5-17(6-3-13)31(26,27)29-12-16-11-28-21-10-15(24)8-19(22(21)30-16)18-7-4-14(23)9-20(18)25/h2-10,16H,11-12H2,1H3/t16-/m1/s1. The Labute approximate surface area is 195 Å². The van der Waals surface area contributed by atoms with Crippen LogP contribution in [-0.4, -0.2) is 27.7 Å². The summed E-state index contributed by atoms with van der Waals surface area (Å²) in [4.78, 5) is 0.0793. The normalized spacial score (nSPS) is 15.7. The van der Waals surface area contributed by atoms with E-state index in [1.54, 1.807) is 42.5 Å². The molecule has 0 amide bonds. The van der Waals surface area contributed by atoms with Gasteiger partial charge in [-0.2, -0.15) is 8.42 Å². The maximum Gasteiger partial charge on any atom is 0.297 e. The second-order valence-corrected chi connectivity index (χ2v) is 9.90. The molecule has 0 unspecified atom stereocenters. The number of rotatable bonds is 5. The highest BCUT2D eigenvalue weighted by molar-refractivity contribution is 7.86. The highest BCUT2D eigenvalue weighted by Crippen LogP contribution is 2.45. The zero-order valence-corrected chi connectivity index (χ0v) is 19.4. The molecule has 0 aliphatic carbocycles. The van der Waals surface area contributed by atoms with Crippen molar-refractivity contribution in [3.8, 4) is 22.6 Å². The number of fused-ring (bicyclic) bond motifs is 1. The van der Waals surface area contributed by atoms with E-state index in [2.05, 4.69) is 0 Å². The van der Waals surface area contributed by atoms with Crippen LogP contribution in [0.25, 0.3) is 11.1 Å². The average Bonchev–Trinajstić information content (AvgIpc) is 2.72. The molecule has 4 rings (SSSR count). The molecule has 0 aromatic heterocycles. The smallest absolute Gasteiger partial charge is 0.297 e. The Hall–Kier alpha value is -1.96. The van der Waals surface area contributed by atoms with E-state index in [1.807, 2.05) is 6.92 Å². The van der Waals surface area contributed by atoms with E-state index >= 15 is 0 Å². The Kier molecular flexibility index (Phi) is 6.37. The quantitative estimate of drug-likeness (QED) is 0.393. The molecule has 0 spiro atoms. The van der Waals surface area contributed by atoms with Crippen molar-refractivity contribution in [1.82, 2.24) is 0 Å². The van der Waals surface area contributed by atoms with E-state index in [-0.39, 0.29) is 18.1 Å². The van der Waals surface area contributed by atoms with E-state index in [4.69, 9.17) is 48.5 Å². The predicted molar refractivity (Wildman–Crippen MR) is 121 cm³/mol. The van der Waals surface area contributed by atoms with Crippen molar-refractivity contribution in [2.75, 3.05) is 13.2 Å². The van der Waals surface area contributed by atoms with Gasteiger partial charge < -0.3 is 9.47 Å². The minimum atomic E-state index is -3.93. The van der Waals surface area contributed by atoms with Gasteiger partial charge in [-0.05, 0) is 37.3 Å². The Morgan fingerprint density at radius 3 is 2.42 bits per heavy atom. The third kappa shape index (κ3) is 4.94. The Morgan fingerprint density at radius 2 is 1.71 bits per heavy atom. The molecular formula is C22H17Cl3O5S. The van der Waals surface area contributed by atoms with Crippen LogP contribution in [0.2, 0.25) is 15.1 Å². The summed E-state index contributed by atoms with van der Waals surface area (Å²) < 4.78 is 42.0. The van der Waals surface area contributed by atoms with Gasteiger partial charge in [0.1, 0.15) is 13.2 Å². The molecule has 0 fully saturated rings. The van der Waals surface area contributed by atoms with Gasteiger partial charge in [0.2, 0.25) is 0 Å². The van der Waals surface area contributed by atoms with Gasteiger partial charge in [0.05, 0.1) is 9.92 Å². The summed E-state index contributed by atoms with van der Waals surface area (Å²) >= 11 is 18.6. The van der Waals surface area contributed by atoms with Crippen LogP contribution < -0.4 is 9.47 Å². The molecule has 3 aromatic rings. The lowest BCUT2D eigenvalue weighted by molar-refractivity contribution is 0.0561. The summed E-state index contributed by atoms with van der Waals surface area (Å²) in [6, 6.07) is 14.8. The van der Waals surface area contributed by atoms with Gasteiger partial charge in [-0.25, -0.2) is 0 Å². The predicted octanol–water partition coefficient (Wildman–Crippen LogP) is 6.17. The number of benzene rings is 3. The van der Waals surface area contributed by atoms with Crippen LogP contribution in [0.5, 0.6) is 11.5 Å². The van der Waals surface area contributed by atoms with Crippen LogP contribution in [0.1, 0.15) is 5.56 Å². The second-order valence-electron chi connectivity index (χ2n) is 7.01. The summed E-state index contributed by atoms with van der Waals surface area (Å²) in [6.45, 7) is 1.76. The molecule has 5 nitrogen and oxygen atoms in total. The van der Waals surface area contributed by atoms with Crippen molar-refractivity contribution in [3.05, 3.63) is 75.2 Å². The maximum absolute atomic E-state index is 12.5. The van der Waals surface area contributed by atoms with Crippen LogP contribution in [0.4, 0.5) is 0 Å². The molecule has 9 heteroatoms. The largest absolute Gasteiger partial charge is 0.486 e. The number of ether oxygens (including phenoxy) is 2. The molecule has 0 bridgehead atoms. The third-order valence-corrected chi connectivity index (χ3v) is 6.73. The Bertz CT molecular complexity index is 1230. The summed E-state index contributed by atoms with van der Waals surface area (Å²) in [5.41, 5.74) is 2.21. The van der Waals surface area contributed by atoms with Crippen molar-refractivity contribution in [1.29, 1.82) is 0 Å². The van der Waals surface area contributed by atoms with E-state index in [1.165, 1.54) is 12.1 Å². The summed E-state index contributed by atoms with van der Waals surface area (Å²) in [6.07, 6.45) is -0.654. The molecule has 3 aromatic carbocycles. The zero-order chi connectivity index (χ0) is 22.2. The molecule has 1 aliphatic heterocycles. The van der Waals surface area contributed by atoms with Gasteiger partial charge in [-0.15, -0.1) is 0 Å². The summed E-state index contributed by atoms with van der Waals surface area (Å²) in [7, 11) is -3.93. The monoisotopic (exact) mass is 498 g/mol. The van der Waals surface area contributed by atoms with Crippen molar-refractivity contribution < 1.29 is 22.1 Å². The third-order valence-electron chi connectivity index (χ3n) is 4.67. The minimum absolute atomic E-state index is 0.0793. The molecule has 0 radical (unpaired) electrons. The van der Waals surface area contributed by atoms with E-state index in [0.717, 1.165) is 5.56 Å². The van der Waals surface area contributed by atoms with Crippen molar-refractivity contribution in [2.24, 2.45) is 0 Å². The van der Waals surface area contributed by atoms with E-state index in [0.29, 0.717) is 37.7 Å². The number of hydrogen-bond acceptors (Lipinski definition) is 5. The Balaban J connectivity index is 1.57. The van der Waals surface area contributed by atoms with Crippen LogP contribution in [0.15, 0.2) is 59.5 Å². The lowest BCUT2D eigenvalue weighted by Crippen LogP contribution is -2.34. The maximum atomic E-state index is 12.5. The molecular weight excluding hydrogens is 483 g/mol. The van der Waals surface area contributed by atoms with Gasteiger partial charge in [0.25, 0.3) is 10.1 Å². The highest BCUT2D eigenvalue weighted by Gasteiger charge is 2.28.